The van der Waals surface area contributed by atoms with Gasteiger partial charge < -0.3 is 9.97 Å². The van der Waals surface area contributed by atoms with E-state index in [2.05, 4.69) is 343 Å². The fourth-order valence-corrected chi connectivity index (χ4v) is 17.3. The molecule has 0 spiro atoms. The molecule has 107 heavy (non-hydrogen) atoms. The van der Waals surface area contributed by atoms with E-state index in [4.69, 9.17) is 30.2 Å². The second-order valence-electron chi connectivity index (χ2n) is 28.1. The lowest BCUT2D eigenvalue weighted by Crippen LogP contribution is -1.94. The largest absolute Gasteiger partial charge is 0.354 e. The van der Waals surface area contributed by atoms with Gasteiger partial charge in [-0.15, -0.1) is 27.8 Å². The molecule has 19 rings (SSSR count). The molecule has 15 aromatic rings. The highest BCUT2D eigenvalue weighted by molar-refractivity contribution is 7.24. The molecule has 0 atom stereocenters. The van der Waals surface area contributed by atoms with Gasteiger partial charge in [0, 0.05) is 90.9 Å². The van der Waals surface area contributed by atoms with Gasteiger partial charge in [-0.25, -0.2) is 24.6 Å². The van der Waals surface area contributed by atoms with E-state index in [9.17, 15) is 0 Å². The van der Waals surface area contributed by atoms with Crippen LogP contribution in [0.15, 0.2) is 249 Å². The van der Waals surface area contributed by atoms with E-state index in [1.165, 1.54) is 33.4 Å². The maximum Gasteiger partial charge on any atom is 0.113 e. The van der Waals surface area contributed by atoms with E-state index in [0.717, 1.165) is 192 Å². The molecule has 510 valence electrons. The van der Waals surface area contributed by atoms with Crippen LogP contribution >= 0.6 is 22.7 Å². The molecule has 0 amide bonds. The Morgan fingerprint density at radius 1 is 0.234 bits per heavy atom. The second kappa shape index (κ2) is 26.6. The van der Waals surface area contributed by atoms with Crippen molar-refractivity contribution in [3.05, 3.63) is 328 Å². The summed E-state index contributed by atoms with van der Waals surface area (Å²) in [7, 11) is 0. The van der Waals surface area contributed by atoms with Gasteiger partial charge in [0.2, 0.25) is 0 Å². The molecule has 0 fully saturated rings. The molecule has 0 unspecified atom stereocenters. The van der Waals surface area contributed by atoms with Gasteiger partial charge in [-0.05, 0) is 195 Å². The normalized spacial score (nSPS) is 12.2. The zero-order valence-corrected chi connectivity index (χ0v) is 61.4. The van der Waals surface area contributed by atoms with Crippen LogP contribution in [0.4, 0.5) is 0 Å². The van der Waals surface area contributed by atoms with Gasteiger partial charge in [-0.1, -0.05) is 221 Å². The number of H-pyrrole nitrogens is 2. The lowest BCUT2D eigenvalue weighted by molar-refractivity contribution is 0.804. The van der Waals surface area contributed by atoms with E-state index in [1.807, 2.05) is 10.9 Å². The molecular formula is C96H69N9S2. The first kappa shape index (κ1) is 64.8. The minimum Gasteiger partial charge on any atom is -0.354 e. The SMILES string of the molecule is Cc1ccc(-c2c3nc(c(-c4ccc(C)cc4)c4ccc([nH]4)c(-c4ccc(-c5cn(-c6ccc(-c7c8nc(c(-c9ccc(C)cc9)c9ccc(s9)c(-c9ccc(C)cc9)c9nc(c(-c%10ccc(C)cc%10)c%10ccc7s%10)C=C9)C=C8)cc6)nn5)cc4)c4nc(c(-c5ccc(C)cc5)c5ccc2[nH]5)C=C4)C=C3)cc1. The van der Waals surface area contributed by atoms with Crippen LogP contribution in [-0.4, -0.2) is 44.9 Å². The number of aryl methyl sites for hydroxylation is 6. The van der Waals surface area contributed by atoms with E-state index < -0.39 is 0 Å². The fraction of sp³-hybridized carbons (Fsp3) is 0.0625. The summed E-state index contributed by atoms with van der Waals surface area (Å²) in [4.78, 5) is 30.2. The highest BCUT2D eigenvalue weighted by Crippen LogP contribution is 2.46. The maximum absolute atomic E-state index is 5.65. The molecule has 4 aliphatic rings. The highest BCUT2D eigenvalue weighted by Gasteiger charge is 2.24. The minimum absolute atomic E-state index is 0.741. The average Bonchev–Trinajstić information content (AvgIpc) is 1.63. The number of fused-ring (bicyclic) bond motifs is 16. The van der Waals surface area contributed by atoms with Crippen LogP contribution in [-0.2, 0) is 0 Å². The van der Waals surface area contributed by atoms with Crippen LogP contribution in [0.2, 0.25) is 0 Å². The highest BCUT2D eigenvalue weighted by atomic mass is 32.1. The van der Waals surface area contributed by atoms with Crippen molar-refractivity contribution in [1.29, 1.82) is 0 Å². The van der Waals surface area contributed by atoms with Crippen LogP contribution in [0.1, 0.15) is 78.9 Å². The number of aromatic amines is 2. The molecule has 4 aliphatic heterocycles. The Morgan fingerprint density at radius 3 is 0.710 bits per heavy atom. The predicted molar refractivity (Wildman–Crippen MR) is 451 cm³/mol. The van der Waals surface area contributed by atoms with Crippen LogP contribution in [0.5, 0.6) is 0 Å². The van der Waals surface area contributed by atoms with Crippen LogP contribution < -0.4 is 0 Å². The number of benzene rings is 8. The smallest absolute Gasteiger partial charge is 0.113 e. The van der Waals surface area contributed by atoms with E-state index >= 15 is 0 Å². The molecule has 0 saturated carbocycles. The number of nitrogens with zero attached hydrogens (tertiary/aromatic N) is 7. The number of hydrogen-bond donors (Lipinski definition) is 2. The molecular weight excluding hydrogens is 1340 g/mol. The monoisotopic (exact) mass is 1410 g/mol. The molecule has 0 aliphatic carbocycles. The van der Waals surface area contributed by atoms with Gasteiger partial charge >= 0.3 is 0 Å². The number of rotatable bonds is 10. The van der Waals surface area contributed by atoms with E-state index in [1.54, 1.807) is 22.7 Å². The summed E-state index contributed by atoms with van der Waals surface area (Å²) >= 11 is 3.55. The van der Waals surface area contributed by atoms with Gasteiger partial charge in [0.25, 0.3) is 0 Å². The number of aromatic nitrogens is 9. The lowest BCUT2D eigenvalue weighted by Gasteiger charge is -2.08. The van der Waals surface area contributed by atoms with Crippen LogP contribution in [0, 0.1) is 41.5 Å². The van der Waals surface area contributed by atoms with Gasteiger partial charge in [-0.2, -0.15) is 0 Å². The third-order valence-electron chi connectivity index (χ3n) is 20.7. The summed E-state index contributed by atoms with van der Waals surface area (Å²) in [6.07, 6.45) is 19.4. The Morgan fingerprint density at radius 2 is 0.449 bits per heavy atom. The molecule has 11 heterocycles. The molecule has 11 heteroatoms. The molecule has 2 N–H and O–H groups in total. The summed E-state index contributed by atoms with van der Waals surface area (Å²) < 4.78 is 6.33. The third-order valence-corrected chi connectivity index (χ3v) is 22.9. The maximum atomic E-state index is 5.65. The van der Waals surface area contributed by atoms with Crippen molar-refractivity contribution in [1.82, 2.24) is 44.9 Å². The van der Waals surface area contributed by atoms with Crippen molar-refractivity contribution in [2.75, 3.05) is 0 Å². The average molecular weight is 1410 g/mol. The zero-order valence-electron chi connectivity index (χ0n) is 59.7. The third kappa shape index (κ3) is 12.1. The van der Waals surface area contributed by atoms with Crippen LogP contribution in [0.3, 0.4) is 0 Å². The summed E-state index contributed by atoms with van der Waals surface area (Å²) in [5.41, 5.74) is 37.4. The van der Waals surface area contributed by atoms with Gasteiger partial charge in [0.05, 0.1) is 57.4 Å². The van der Waals surface area contributed by atoms with Crippen molar-refractivity contribution in [3.63, 3.8) is 0 Å². The van der Waals surface area contributed by atoms with E-state index in [-0.39, 0.29) is 0 Å². The van der Waals surface area contributed by atoms with Crippen molar-refractivity contribution < 1.29 is 0 Å². The zero-order chi connectivity index (χ0) is 72.0. The Labute approximate surface area is 628 Å². The first-order valence-corrected chi connectivity index (χ1v) is 37.7. The minimum atomic E-state index is 0.741. The van der Waals surface area contributed by atoms with Gasteiger partial charge in [0.15, 0.2) is 0 Å². The standard InChI is InChI=1S/C96H69N9S2/c1-56-7-19-63(20-8-56)89-72-39-41-74(97-72)90(64-21-9-57(2)10-22-64)76-43-45-78(99-76)92(79-46-44-77(100-79)91(75-42-40-73(89)98-75)65-23-11-58(3)12-24-65)66-33-31-62(32-34-66)84-55-105(104-103-84)71-37-35-70(36-38-71)96-83-50-49-82(102-83)95(69-29-17-61(6)18-30-69)86-52-51-85(106-86)93(67-25-13-59(4)14-26-67)80-47-48-81(101-80)94(87-53-54-88(96)107-87)68-27-15-60(5)16-28-68/h7-55,97,100H,1-6H3. The van der Waals surface area contributed by atoms with Crippen molar-refractivity contribution in [2.45, 2.75) is 41.5 Å². The topological polar surface area (TPSA) is 114 Å². The summed E-state index contributed by atoms with van der Waals surface area (Å²) in [5.74, 6) is 0. The first-order valence-electron chi connectivity index (χ1n) is 36.1. The lowest BCUT2D eigenvalue weighted by atomic mass is 10.0. The molecule has 0 radical (unpaired) electrons. The molecule has 8 aromatic carbocycles. The Kier molecular flexibility index (Phi) is 16.1. The molecule has 0 saturated heterocycles. The Hall–Kier alpha value is -13.1. The van der Waals surface area contributed by atoms with E-state index in [0.29, 0.717) is 0 Å². The molecule has 7 aromatic heterocycles. The quantitative estimate of drug-likeness (QED) is 0.141. The number of nitrogens with one attached hydrogen (secondary N) is 2. The van der Waals surface area contributed by atoms with Crippen molar-refractivity contribution in [3.8, 4) is 106 Å². The van der Waals surface area contributed by atoms with Crippen LogP contribution in [0.25, 0.3) is 195 Å². The second-order valence-corrected chi connectivity index (χ2v) is 30.3. The van der Waals surface area contributed by atoms with Crippen molar-refractivity contribution >= 4 is 112 Å². The van der Waals surface area contributed by atoms with Gasteiger partial charge in [-0.3, -0.25) is 0 Å². The Balaban J connectivity index is 0.731. The summed E-state index contributed by atoms with van der Waals surface area (Å²) in [5, 5.41) is 9.60. The van der Waals surface area contributed by atoms with Crippen molar-refractivity contribution in [2.24, 2.45) is 0 Å². The first-order chi connectivity index (χ1) is 52.4. The summed E-state index contributed by atoms with van der Waals surface area (Å²) in [6.45, 7) is 12.8. The number of thiophene rings is 2. The Bertz CT molecular complexity index is 6110. The molecule has 16 bridgehead atoms. The molecule has 9 nitrogen and oxygen atoms in total. The fourth-order valence-electron chi connectivity index (χ4n) is 15.0. The predicted octanol–water partition coefficient (Wildman–Crippen LogP) is 25.5. The van der Waals surface area contributed by atoms with Gasteiger partial charge in [0.1, 0.15) is 5.69 Å². The number of hydrogen-bond acceptors (Lipinski definition) is 8. The summed E-state index contributed by atoms with van der Waals surface area (Å²) in [6, 6.07) is 87.7.